The van der Waals surface area contributed by atoms with Gasteiger partial charge in [0, 0.05) is 6.54 Å². The van der Waals surface area contributed by atoms with E-state index in [1.165, 1.54) is 13.4 Å². The van der Waals surface area contributed by atoms with Crippen LogP contribution < -0.4 is 0 Å². The first kappa shape index (κ1) is 14.7. The maximum Gasteiger partial charge on any atom is 0.377 e. The molecule has 0 aliphatic heterocycles. The molecular formula is C12H16BrN5O2. The Hall–Kier alpha value is -1.70. The van der Waals surface area contributed by atoms with Gasteiger partial charge in [-0.15, -0.1) is 5.10 Å². The number of methoxy groups -OCH3 is 1. The van der Waals surface area contributed by atoms with Crippen LogP contribution in [0.15, 0.2) is 10.8 Å². The van der Waals surface area contributed by atoms with Gasteiger partial charge in [-0.25, -0.2) is 14.5 Å². The SMILES string of the molecule is CCc1nn(CC)c(Cn2cnc(C(=O)OC)n2)c1Br. The van der Waals surface area contributed by atoms with Crippen molar-refractivity contribution in [3.05, 3.63) is 28.0 Å². The van der Waals surface area contributed by atoms with Gasteiger partial charge in [0.25, 0.3) is 5.82 Å². The molecule has 0 atom stereocenters. The number of rotatable bonds is 5. The largest absolute Gasteiger partial charge is 0.463 e. The average molecular weight is 342 g/mol. The van der Waals surface area contributed by atoms with Gasteiger partial charge in [0.05, 0.1) is 29.5 Å². The molecule has 0 fully saturated rings. The van der Waals surface area contributed by atoms with Crippen molar-refractivity contribution < 1.29 is 9.53 Å². The molecule has 8 heteroatoms. The highest BCUT2D eigenvalue weighted by molar-refractivity contribution is 9.10. The van der Waals surface area contributed by atoms with E-state index >= 15 is 0 Å². The van der Waals surface area contributed by atoms with Crippen LogP contribution in [0.1, 0.15) is 35.9 Å². The van der Waals surface area contributed by atoms with Crippen LogP contribution in [-0.2, 0) is 24.2 Å². The summed E-state index contributed by atoms with van der Waals surface area (Å²) in [5.74, 6) is -0.483. The Morgan fingerprint density at radius 3 is 2.75 bits per heavy atom. The van der Waals surface area contributed by atoms with E-state index in [1.807, 2.05) is 11.6 Å². The molecule has 2 aromatic rings. The molecule has 0 spiro atoms. The summed E-state index contributed by atoms with van der Waals surface area (Å²) in [4.78, 5) is 15.3. The van der Waals surface area contributed by atoms with Gasteiger partial charge in [0.1, 0.15) is 6.33 Å². The Balaban J connectivity index is 2.27. The Kier molecular flexibility index (Phi) is 4.53. The number of aromatic nitrogens is 5. The second kappa shape index (κ2) is 6.17. The standard InChI is InChI=1S/C12H16BrN5O2/c1-4-8-10(13)9(18(5-2)15-8)6-17-7-14-11(16-17)12(19)20-3/h7H,4-6H2,1-3H3. The lowest BCUT2D eigenvalue weighted by Gasteiger charge is -2.04. The second-order valence-electron chi connectivity index (χ2n) is 4.13. The minimum atomic E-state index is -0.541. The van der Waals surface area contributed by atoms with Gasteiger partial charge >= 0.3 is 5.97 Å². The van der Waals surface area contributed by atoms with E-state index in [0.29, 0.717) is 6.54 Å². The van der Waals surface area contributed by atoms with Crippen molar-refractivity contribution in [3.63, 3.8) is 0 Å². The molecule has 0 aliphatic carbocycles. The fourth-order valence-electron chi connectivity index (χ4n) is 1.88. The number of aryl methyl sites for hydroxylation is 2. The number of carbonyl (C=O) groups excluding carboxylic acids is 1. The first-order valence-corrected chi connectivity index (χ1v) is 7.11. The van der Waals surface area contributed by atoms with Crippen molar-refractivity contribution in [2.75, 3.05) is 7.11 Å². The Labute approximate surface area is 125 Å². The molecule has 0 bridgehead atoms. The van der Waals surface area contributed by atoms with E-state index in [-0.39, 0.29) is 5.82 Å². The van der Waals surface area contributed by atoms with Crippen molar-refractivity contribution in [1.82, 2.24) is 24.5 Å². The van der Waals surface area contributed by atoms with Gasteiger partial charge in [-0.05, 0) is 29.3 Å². The molecule has 0 radical (unpaired) electrons. The highest BCUT2D eigenvalue weighted by Gasteiger charge is 2.16. The van der Waals surface area contributed by atoms with Crippen LogP contribution in [0.2, 0.25) is 0 Å². The van der Waals surface area contributed by atoms with Crippen molar-refractivity contribution in [1.29, 1.82) is 0 Å². The summed E-state index contributed by atoms with van der Waals surface area (Å²) in [6.07, 6.45) is 2.36. The van der Waals surface area contributed by atoms with Crippen LogP contribution in [-0.4, -0.2) is 37.6 Å². The number of ether oxygens (including phenoxy) is 1. The van der Waals surface area contributed by atoms with E-state index in [4.69, 9.17) is 0 Å². The number of hydrogen-bond donors (Lipinski definition) is 0. The summed E-state index contributed by atoms with van der Waals surface area (Å²) in [6, 6.07) is 0. The number of esters is 1. The lowest BCUT2D eigenvalue weighted by atomic mass is 10.3. The van der Waals surface area contributed by atoms with Gasteiger partial charge in [-0.1, -0.05) is 6.92 Å². The van der Waals surface area contributed by atoms with E-state index in [0.717, 1.165) is 28.8 Å². The molecule has 0 N–H and O–H groups in total. The summed E-state index contributed by atoms with van der Waals surface area (Å²) in [5, 5.41) is 8.61. The smallest absolute Gasteiger partial charge is 0.377 e. The van der Waals surface area contributed by atoms with Crippen LogP contribution in [0.25, 0.3) is 0 Å². The normalized spacial score (nSPS) is 10.8. The van der Waals surface area contributed by atoms with Crippen LogP contribution in [0.5, 0.6) is 0 Å². The zero-order chi connectivity index (χ0) is 14.7. The molecule has 20 heavy (non-hydrogen) atoms. The molecule has 0 saturated carbocycles. The van der Waals surface area contributed by atoms with Crippen molar-refractivity contribution >= 4 is 21.9 Å². The lowest BCUT2D eigenvalue weighted by Crippen LogP contribution is -2.10. The van der Waals surface area contributed by atoms with Gasteiger partial charge in [0.2, 0.25) is 0 Å². The second-order valence-corrected chi connectivity index (χ2v) is 4.93. The van der Waals surface area contributed by atoms with Crippen LogP contribution >= 0.6 is 15.9 Å². The highest BCUT2D eigenvalue weighted by Crippen LogP contribution is 2.23. The average Bonchev–Trinajstić information content (AvgIpc) is 3.04. The van der Waals surface area contributed by atoms with E-state index in [9.17, 15) is 4.79 Å². The molecule has 2 rings (SSSR count). The van der Waals surface area contributed by atoms with Gasteiger partial charge < -0.3 is 4.74 Å². The van der Waals surface area contributed by atoms with Crippen molar-refractivity contribution in [2.24, 2.45) is 0 Å². The zero-order valence-corrected chi connectivity index (χ0v) is 13.2. The fraction of sp³-hybridized carbons (Fsp3) is 0.500. The molecular weight excluding hydrogens is 326 g/mol. The van der Waals surface area contributed by atoms with Crippen molar-refractivity contribution in [3.8, 4) is 0 Å². The van der Waals surface area contributed by atoms with E-state index in [1.54, 1.807) is 4.68 Å². The zero-order valence-electron chi connectivity index (χ0n) is 11.6. The minimum Gasteiger partial charge on any atom is -0.463 e. The predicted molar refractivity (Wildman–Crippen MR) is 75.4 cm³/mol. The summed E-state index contributed by atoms with van der Waals surface area (Å²) in [7, 11) is 1.30. The first-order valence-electron chi connectivity index (χ1n) is 6.32. The quantitative estimate of drug-likeness (QED) is 0.773. The monoisotopic (exact) mass is 341 g/mol. The van der Waals surface area contributed by atoms with Gasteiger partial charge in [-0.2, -0.15) is 5.10 Å². The Morgan fingerprint density at radius 1 is 1.40 bits per heavy atom. The number of hydrogen-bond acceptors (Lipinski definition) is 5. The van der Waals surface area contributed by atoms with Crippen LogP contribution in [0.4, 0.5) is 0 Å². The van der Waals surface area contributed by atoms with Crippen LogP contribution in [0.3, 0.4) is 0 Å². The fourth-order valence-corrected chi connectivity index (χ4v) is 2.57. The highest BCUT2D eigenvalue weighted by atomic mass is 79.9. The summed E-state index contributed by atoms with van der Waals surface area (Å²) in [5.41, 5.74) is 2.01. The maximum atomic E-state index is 11.3. The minimum absolute atomic E-state index is 0.0573. The van der Waals surface area contributed by atoms with Crippen molar-refractivity contribution in [2.45, 2.75) is 33.4 Å². The lowest BCUT2D eigenvalue weighted by molar-refractivity contribution is 0.0586. The maximum absolute atomic E-state index is 11.3. The molecule has 7 nitrogen and oxygen atoms in total. The van der Waals surface area contributed by atoms with Gasteiger partial charge in [-0.3, -0.25) is 4.68 Å². The number of nitrogens with zero attached hydrogens (tertiary/aromatic N) is 5. The molecule has 0 saturated heterocycles. The molecule has 108 valence electrons. The molecule has 0 amide bonds. The van der Waals surface area contributed by atoms with Crippen LogP contribution in [0, 0.1) is 0 Å². The summed E-state index contributed by atoms with van der Waals surface area (Å²) in [6.45, 7) is 5.35. The molecule has 0 unspecified atom stereocenters. The Morgan fingerprint density at radius 2 is 2.15 bits per heavy atom. The molecule has 2 aromatic heterocycles. The Bertz CT molecular complexity index is 619. The molecule has 2 heterocycles. The first-order chi connectivity index (χ1) is 9.60. The summed E-state index contributed by atoms with van der Waals surface area (Å²) < 4.78 is 9.09. The number of halogens is 1. The van der Waals surface area contributed by atoms with E-state index in [2.05, 4.69) is 42.8 Å². The van der Waals surface area contributed by atoms with Gasteiger partial charge in [0.15, 0.2) is 0 Å². The predicted octanol–water partition coefficient (Wildman–Crippen LogP) is 1.65. The third-order valence-corrected chi connectivity index (χ3v) is 3.83. The topological polar surface area (TPSA) is 74.8 Å². The molecule has 0 aliphatic rings. The molecule has 0 aromatic carbocycles. The summed E-state index contributed by atoms with van der Waals surface area (Å²) >= 11 is 3.57. The third-order valence-electron chi connectivity index (χ3n) is 2.91. The number of carbonyl (C=O) groups is 1. The third kappa shape index (κ3) is 2.74. The van der Waals surface area contributed by atoms with E-state index < -0.39 is 5.97 Å².